The number of carbonyl (C=O) groups excluding carboxylic acids is 1. The highest BCUT2D eigenvalue weighted by Gasteiger charge is 2.29. The van der Waals surface area contributed by atoms with Crippen LogP contribution >= 0.6 is 11.3 Å². The van der Waals surface area contributed by atoms with Crippen molar-refractivity contribution < 1.29 is 9.90 Å². The van der Waals surface area contributed by atoms with E-state index in [9.17, 15) is 9.90 Å². The van der Waals surface area contributed by atoms with Crippen molar-refractivity contribution in [2.24, 2.45) is 5.92 Å². The number of likely N-dealkylation sites (tertiary alicyclic amines) is 1. The summed E-state index contributed by atoms with van der Waals surface area (Å²) < 4.78 is 0. The number of benzene rings is 1. The third-order valence-corrected chi connectivity index (χ3v) is 5.33. The molecule has 0 bridgehead atoms. The number of thiophene rings is 1. The fourth-order valence-electron chi connectivity index (χ4n) is 2.81. The van der Waals surface area contributed by atoms with Gasteiger partial charge < -0.3 is 10.0 Å². The Morgan fingerprint density at radius 3 is 2.68 bits per heavy atom. The second-order valence-electron chi connectivity index (χ2n) is 6.11. The van der Waals surface area contributed by atoms with Crippen molar-refractivity contribution in [1.29, 1.82) is 0 Å². The Kier molecular flexibility index (Phi) is 4.32. The molecule has 22 heavy (non-hydrogen) atoms. The topological polar surface area (TPSA) is 40.5 Å². The Bertz CT molecular complexity index is 662. The number of β-amino-alcohol motifs (C(OH)–C–C–N with tert-alkyl or cyclic N) is 1. The van der Waals surface area contributed by atoms with Crippen LogP contribution in [0.1, 0.15) is 28.6 Å². The van der Waals surface area contributed by atoms with Gasteiger partial charge in [-0.1, -0.05) is 36.8 Å². The van der Waals surface area contributed by atoms with Crippen LogP contribution in [-0.2, 0) is 0 Å². The number of hydrogen-bond acceptors (Lipinski definition) is 3. The molecule has 4 heteroatoms. The minimum absolute atomic E-state index is 0.0384. The SMILES string of the molecule is Cc1ccc(-c2ccsc2C(=O)N2CCC(C)C(O)C2)cc1. The van der Waals surface area contributed by atoms with Crippen molar-refractivity contribution >= 4 is 17.2 Å². The van der Waals surface area contributed by atoms with Gasteiger partial charge in [0.2, 0.25) is 0 Å². The smallest absolute Gasteiger partial charge is 0.264 e. The van der Waals surface area contributed by atoms with Crippen LogP contribution in [0.25, 0.3) is 11.1 Å². The quantitative estimate of drug-likeness (QED) is 0.920. The first-order valence-electron chi connectivity index (χ1n) is 7.68. The summed E-state index contributed by atoms with van der Waals surface area (Å²) >= 11 is 1.48. The lowest BCUT2D eigenvalue weighted by atomic mass is 9.95. The largest absolute Gasteiger partial charge is 0.391 e. The van der Waals surface area contributed by atoms with E-state index in [2.05, 4.69) is 31.2 Å². The first kappa shape index (κ1) is 15.3. The maximum absolute atomic E-state index is 12.8. The summed E-state index contributed by atoms with van der Waals surface area (Å²) in [5.41, 5.74) is 3.27. The van der Waals surface area contributed by atoms with Gasteiger partial charge in [0.1, 0.15) is 0 Å². The molecule has 3 nitrogen and oxygen atoms in total. The van der Waals surface area contributed by atoms with Crippen molar-refractivity contribution in [3.8, 4) is 11.1 Å². The Hall–Kier alpha value is -1.65. The van der Waals surface area contributed by atoms with E-state index >= 15 is 0 Å². The van der Waals surface area contributed by atoms with Crippen LogP contribution in [0.15, 0.2) is 35.7 Å². The summed E-state index contributed by atoms with van der Waals surface area (Å²) in [6.45, 7) is 5.25. The summed E-state index contributed by atoms with van der Waals surface area (Å²) in [4.78, 5) is 15.4. The third-order valence-electron chi connectivity index (χ3n) is 4.43. The van der Waals surface area contributed by atoms with Gasteiger partial charge in [0.05, 0.1) is 11.0 Å². The Morgan fingerprint density at radius 1 is 1.27 bits per heavy atom. The molecular weight excluding hydrogens is 294 g/mol. The van der Waals surface area contributed by atoms with Crippen LogP contribution in [0.3, 0.4) is 0 Å². The number of aliphatic hydroxyl groups is 1. The zero-order chi connectivity index (χ0) is 15.7. The molecule has 2 unspecified atom stereocenters. The molecule has 1 saturated heterocycles. The third kappa shape index (κ3) is 2.94. The van der Waals surface area contributed by atoms with Crippen LogP contribution in [-0.4, -0.2) is 35.1 Å². The first-order chi connectivity index (χ1) is 10.6. The van der Waals surface area contributed by atoms with Gasteiger partial charge in [-0.05, 0) is 36.3 Å². The molecule has 1 amide bonds. The standard InChI is InChI=1S/C18H21NO2S/c1-12-3-5-14(6-4-12)15-8-10-22-17(15)18(21)19-9-7-13(2)16(20)11-19/h3-6,8,10,13,16,20H,7,9,11H2,1-2H3. The van der Waals surface area contributed by atoms with E-state index in [0.29, 0.717) is 6.54 Å². The van der Waals surface area contributed by atoms with Gasteiger partial charge >= 0.3 is 0 Å². The lowest BCUT2D eigenvalue weighted by Gasteiger charge is -2.34. The van der Waals surface area contributed by atoms with Crippen molar-refractivity contribution in [3.63, 3.8) is 0 Å². The van der Waals surface area contributed by atoms with E-state index in [4.69, 9.17) is 0 Å². The number of aryl methyl sites for hydroxylation is 1. The number of nitrogens with zero attached hydrogens (tertiary/aromatic N) is 1. The molecule has 1 aromatic heterocycles. The summed E-state index contributed by atoms with van der Waals surface area (Å²) in [5.74, 6) is 0.306. The summed E-state index contributed by atoms with van der Waals surface area (Å²) in [6, 6.07) is 10.2. The molecule has 0 aliphatic carbocycles. The van der Waals surface area contributed by atoms with E-state index in [0.717, 1.165) is 29.0 Å². The Morgan fingerprint density at radius 2 is 2.00 bits per heavy atom. The molecule has 1 aliphatic heterocycles. The zero-order valence-electron chi connectivity index (χ0n) is 13.0. The molecule has 0 saturated carbocycles. The van der Waals surface area contributed by atoms with Gasteiger partial charge in [0.25, 0.3) is 5.91 Å². The van der Waals surface area contributed by atoms with E-state index < -0.39 is 6.10 Å². The highest BCUT2D eigenvalue weighted by atomic mass is 32.1. The second-order valence-corrected chi connectivity index (χ2v) is 7.03. The van der Waals surface area contributed by atoms with Gasteiger partial charge in [0, 0.05) is 18.7 Å². The summed E-state index contributed by atoms with van der Waals surface area (Å²) in [7, 11) is 0. The highest BCUT2D eigenvalue weighted by Crippen LogP contribution is 2.30. The zero-order valence-corrected chi connectivity index (χ0v) is 13.8. The van der Waals surface area contributed by atoms with Crippen molar-refractivity contribution in [1.82, 2.24) is 4.90 Å². The van der Waals surface area contributed by atoms with E-state index in [-0.39, 0.29) is 11.8 Å². The monoisotopic (exact) mass is 315 g/mol. The second kappa shape index (κ2) is 6.23. The van der Waals surface area contributed by atoms with Crippen LogP contribution in [0, 0.1) is 12.8 Å². The predicted molar refractivity (Wildman–Crippen MR) is 90.2 cm³/mol. The number of rotatable bonds is 2. The minimum atomic E-state index is -0.416. The van der Waals surface area contributed by atoms with E-state index in [1.54, 1.807) is 4.90 Å². The normalized spacial score (nSPS) is 21.9. The number of hydrogen-bond donors (Lipinski definition) is 1. The van der Waals surface area contributed by atoms with Crippen molar-refractivity contribution in [2.45, 2.75) is 26.4 Å². The number of carbonyl (C=O) groups is 1. The van der Waals surface area contributed by atoms with Crippen molar-refractivity contribution in [3.05, 3.63) is 46.2 Å². The molecule has 2 heterocycles. The van der Waals surface area contributed by atoms with Crippen LogP contribution < -0.4 is 0 Å². The molecule has 3 rings (SSSR count). The Balaban J connectivity index is 1.85. The molecule has 0 radical (unpaired) electrons. The van der Waals surface area contributed by atoms with E-state index in [1.807, 2.05) is 18.4 Å². The molecule has 1 aliphatic rings. The minimum Gasteiger partial charge on any atom is -0.391 e. The number of aliphatic hydroxyl groups excluding tert-OH is 1. The molecule has 1 fully saturated rings. The Labute approximate surface area is 135 Å². The fraction of sp³-hybridized carbons (Fsp3) is 0.389. The van der Waals surface area contributed by atoms with Gasteiger partial charge in [-0.25, -0.2) is 0 Å². The van der Waals surface area contributed by atoms with Gasteiger partial charge in [-0.3, -0.25) is 4.79 Å². The maximum atomic E-state index is 12.8. The first-order valence-corrected chi connectivity index (χ1v) is 8.56. The van der Waals surface area contributed by atoms with Gasteiger partial charge in [-0.15, -0.1) is 11.3 Å². The highest BCUT2D eigenvalue weighted by molar-refractivity contribution is 7.12. The predicted octanol–water partition coefficient (Wildman–Crippen LogP) is 3.57. The number of piperidine rings is 1. The molecular formula is C18H21NO2S. The summed E-state index contributed by atoms with van der Waals surface area (Å²) in [6.07, 6.45) is 0.443. The van der Waals surface area contributed by atoms with Crippen LogP contribution in [0.2, 0.25) is 0 Å². The lowest BCUT2D eigenvalue weighted by Crippen LogP contribution is -2.45. The molecule has 1 aromatic carbocycles. The molecule has 2 atom stereocenters. The molecule has 116 valence electrons. The maximum Gasteiger partial charge on any atom is 0.264 e. The van der Waals surface area contributed by atoms with Crippen molar-refractivity contribution in [2.75, 3.05) is 13.1 Å². The fourth-order valence-corrected chi connectivity index (χ4v) is 3.70. The number of amides is 1. The van der Waals surface area contributed by atoms with Gasteiger partial charge in [-0.2, -0.15) is 0 Å². The van der Waals surface area contributed by atoms with E-state index in [1.165, 1.54) is 16.9 Å². The van der Waals surface area contributed by atoms with Crippen LogP contribution in [0.5, 0.6) is 0 Å². The molecule has 1 N–H and O–H groups in total. The van der Waals surface area contributed by atoms with Crippen LogP contribution in [0.4, 0.5) is 0 Å². The summed E-state index contributed by atoms with van der Waals surface area (Å²) in [5, 5.41) is 12.0. The average Bonchev–Trinajstić information content (AvgIpc) is 2.99. The average molecular weight is 315 g/mol. The molecule has 2 aromatic rings. The van der Waals surface area contributed by atoms with Gasteiger partial charge in [0.15, 0.2) is 0 Å². The lowest BCUT2D eigenvalue weighted by molar-refractivity contribution is 0.0252. The molecule has 0 spiro atoms.